The number of phenols is 1. The molecule has 1 aromatic carbocycles. The van der Waals surface area contributed by atoms with Crippen LogP contribution in [0.5, 0.6) is 5.75 Å². The van der Waals surface area contributed by atoms with Crippen molar-refractivity contribution >= 4 is 15.8 Å². The van der Waals surface area contributed by atoms with E-state index < -0.39 is 26.5 Å². The predicted octanol–water partition coefficient (Wildman–Crippen LogP) is 1.34. The number of sulfone groups is 1. The number of benzene rings is 1. The fraction of sp³-hybridized carbons (Fsp3) is 0.364. The highest BCUT2D eigenvalue weighted by Gasteiger charge is 2.17. The summed E-state index contributed by atoms with van der Waals surface area (Å²) >= 11 is 0. The van der Waals surface area contributed by atoms with E-state index in [1.54, 1.807) is 0 Å². The summed E-state index contributed by atoms with van der Waals surface area (Å²) in [5, 5.41) is 18.0. The zero-order chi connectivity index (χ0) is 13.9. The summed E-state index contributed by atoms with van der Waals surface area (Å²) in [6.45, 7) is 0. The number of halogens is 1. The quantitative estimate of drug-likeness (QED) is 0.846. The highest BCUT2D eigenvalue weighted by molar-refractivity contribution is 7.90. The van der Waals surface area contributed by atoms with E-state index in [0.29, 0.717) is 0 Å². The molecule has 0 heterocycles. The van der Waals surface area contributed by atoms with Gasteiger partial charge in [0, 0.05) is 18.7 Å². The first-order chi connectivity index (χ1) is 8.21. The Balaban J connectivity index is 2.97. The summed E-state index contributed by atoms with van der Waals surface area (Å²) in [4.78, 5) is 9.74. The van der Waals surface area contributed by atoms with Crippen molar-refractivity contribution in [3.05, 3.63) is 23.5 Å². The molecule has 0 spiro atoms. The van der Waals surface area contributed by atoms with Crippen LogP contribution in [-0.2, 0) is 21.1 Å². The standard InChI is InChI=1S/C11H13FO5S/c1-18(16,17)10-6-9(13)7(5-8(10)12)3-2-4-11(14)15/h5-6,13H,2-4H2,1H3,(H,14,15). The molecule has 0 amide bonds. The van der Waals surface area contributed by atoms with Gasteiger partial charge < -0.3 is 10.2 Å². The van der Waals surface area contributed by atoms with Crippen LogP contribution in [0.1, 0.15) is 18.4 Å². The third-order valence-corrected chi connectivity index (χ3v) is 3.48. The van der Waals surface area contributed by atoms with Gasteiger partial charge in [-0.3, -0.25) is 4.79 Å². The second kappa shape index (κ2) is 5.34. The minimum absolute atomic E-state index is 0.102. The molecular weight excluding hydrogens is 263 g/mol. The first-order valence-corrected chi connectivity index (χ1v) is 7.04. The van der Waals surface area contributed by atoms with Gasteiger partial charge in [0.15, 0.2) is 9.84 Å². The van der Waals surface area contributed by atoms with E-state index in [9.17, 15) is 22.7 Å². The monoisotopic (exact) mass is 276 g/mol. The Kier molecular flexibility index (Phi) is 4.28. The van der Waals surface area contributed by atoms with Crippen LogP contribution in [0.25, 0.3) is 0 Å². The van der Waals surface area contributed by atoms with Crippen molar-refractivity contribution in [2.75, 3.05) is 6.26 Å². The van der Waals surface area contributed by atoms with Gasteiger partial charge in [0.1, 0.15) is 16.5 Å². The van der Waals surface area contributed by atoms with Crippen LogP contribution in [0, 0.1) is 5.82 Å². The second-order valence-corrected chi connectivity index (χ2v) is 5.91. The molecule has 0 saturated heterocycles. The van der Waals surface area contributed by atoms with Crippen molar-refractivity contribution in [1.82, 2.24) is 0 Å². The molecule has 0 unspecified atom stereocenters. The Morgan fingerprint density at radius 1 is 1.39 bits per heavy atom. The van der Waals surface area contributed by atoms with E-state index in [4.69, 9.17) is 5.11 Å². The number of carboxylic acids is 1. The molecule has 0 aliphatic heterocycles. The molecular formula is C11H13FO5S. The van der Waals surface area contributed by atoms with Crippen LogP contribution in [0.4, 0.5) is 4.39 Å². The third-order valence-electron chi connectivity index (χ3n) is 2.37. The number of phenolic OH excluding ortho intramolecular Hbond substituents is 1. The Hall–Kier alpha value is -1.63. The number of aliphatic carboxylic acids is 1. The average molecular weight is 276 g/mol. The fourth-order valence-corrected chi connectivity index (χ4v) is 2.24. The van der Waals surface area contributed by atoms with Crippen LogP contribution >= 0.6 is 0 Å². The van der Waals surface area contributed by atoms with E-state index in [-0.39, 0.29) is 30.6 Å². The largest absolute Gasteiger partial charge is 0.508 e. The number of aromatic hydroxyl groups is 1. The van der Waals surface area contributed by atoms with Gasteiger partial charge in [0.2, 0.25) is 0 Å². The Morgan fingerprint density at radius 2 is 2.00 bits per heavy atom. The van der Waals surface area contributed by atoms with Crippen LogP contribution in [0.3, 0.4) is 0 Å². The van der Waals surface area contributed by atoms with Crippen molar-refractivity contribution < 1.29 is 27.8 Å². The lowest BCUT2D eigenvalue weighted by Gasteiger charge is -2.07. The van der Waals surface area contributed by atoms with Crippen LogP contribution in [0.2, 0.25) is 0 Å². The number of hydrogen-bond acceptors (Lipinski definition) is 4. The van der Waals surface area contributed by atoms with Crippen molar-refractivity contribution in [3.8, 4) is 5.75 Å². The molecule has 7 heteroatoms. The molecule has 18 heavy (non-hydrogen) atoms. The van der Waals surface area contributed by atoms with Gasteiger partial charge in [-0.25, -0.2) is 12.8 Å². The van der Waals surface area contributed by atoms with E-state index in [0.717, 1.165) is 18.4 Å². The Morgan fingerprint density at radius 3 is 2.50 bits per heavy atom. The number of carbonyl (C=O) groups is 1. The molecule has 100 valence electrons. The van der Waals surface area contributed by atoms with E-state index in [2.05, 4.69) is 0 Å². The highest BCUT2D eigenvalue weighted by Crippen LogP contribution is 2.26. The topological polar surface area (TPSA) is 91.7 Å². The van der Waals surface area contributed by atoms with Gasteiger partial charge in [-0.2, -0.15) is 0 Å². The molecule has 1 rings (SSSR count). The SMILES string of the molecule is CS(=O)(=O)c1cc(O)c(CCCC(=O)O)cc1F. The Labute approximate surface area is 104 Å². The molecule has 2 N–H and O–H groups in total. The maximum atomic E-state index is 13.5. The lowest BCUT2D eigenvalue weighted by molar-refractivity contribution is -0.137. The van der Waals surface area contributed by atoms with Gasteiger partial charge in [0.05, 0.1) is 0 Å². The normalized spacial score (nSPS) is 11.4. The lowest BCUT2D eigenvalue weighted by atomic mass is 10.1. The molecule has 0 aromatic heterocycles. The summed E-state index contributed by atoms with van der Waals surface area (Å²) in [5.41, 5.74) is 0.196. The van der Waals surface area contributed by atoms with Gasteiger partial charge in [0.25, 0.3) is 0 Å². The molecule has 0 atom stereocenters. The minimum atomic E-state index is -3.74. The molecule has 1 aromatic rings. The van der Waals surface area contributed by atoms with Crippen LogP contribution in [-0.4, -0.2) is 30.9 Å². The van der Waals surface area contributed by atoms with Gasteiger partial charge in [-0.15, -0.1) is 0 Å². The van der Waals surface area contributed by atoms with E-state index >= 15 is 0 Å². The summed E-state index contributed by atoms with van der Waals surface area (Å²) in [6, 6.07) is 1.77. The number of hydrogen-bond donors (Lipinski definition) is 2. The van der Waals surface area contributed by atoms with Crippen molar-refractivity contribution in [2.24, 2.45) is 0 Å². The third kappa shape index (κ3) is 3.69. The number of carboxylic acid groups (broad SMARTS) is 1. The molecule has 5 nitrogen and oxygen atoms in total. The number of aryl methyl sites for hydroxylation is 1. The fourth-order valence-electron chi connectivity index (χ4n) is 1.50. The first-order valence-electron chi connectivity index (χ1n) is 5.15. The summed E-state index contributed by atoms with van der Waals surface area (Å²) in [6.07, 6.45) is 1.14. The smallest absolute Gasteiger partial charge is 0.303 e. The molecule has 0 saturated carbocycles. The highest BCUT2D eigenvalue weighted by atomic mass is 32.2. The van der Waals surface area contributed by atoms with Crippen LogP contribution < -0.4 is 0 Å². The molecule has 0 aliphatic rings. The predicted molar refractivity (Wildman–Crippen MR) is 61.7 cm³/mol. The zero-order valence-corrected chi connectivity index (χ0v) is 10.5. The molecule has 0 radical (unpaired) electrons. The van der Waals surface area contributed by atoms with Gasteiger partial charge in [-0.05, 0) is 24.5 Å². The van der Waals surface area contributed by atoms with Crippen molar-refractivity contribution in [2.45, 2.75) is 24.2 Å². The maximum Gasteiger partial charge on any atom is 0.303 e. The molecule has 0 bridgehead atoms. The summed E-state index contributed by atoms with van der Waals surface area (Å²) in [5.74, 6) is -2.27. The second-order valence-electron chi connectivity index (χ2n) is 3.93. The van der Waals surface area contributed by atoms with E-state index in [1.165, 1.54) is 0 Å². The minimum Gasteiger partial charge on any atom is -0.508 e. The zero-order valence-electron chi connectivity index (χ0n) is 9.68. The van der Waals surface area contributed by atoms with Crippen molar-refractivity contribution in [3.63, 3.8) is 0 Å². The van der Waals surface area contributed by atoms with Gasteiger partial charge in [-0.1, -0.05) is 0 Å². The average Bonchev–Trinajstić information content (AvgIpc) is 2.20. The lowest BCUT2D eigenvalue weighted by Crippen LogP contribution is -2.02. The Bertz CT molecular complexity index is 565. The van der Waals surface area contributed by atoms with Gasteiger partial charge >= 0.3 is 5.97 Å². The summed E-state index contributed by atoms with van der Waals surface area (Å²) < 4.78 is 35.9. The molecule has 0 aliphatic carbocycles. The maximum absolute atomic E-state index is 13.5. The van der Waals surface area contributed by atoms with Crippen LogP contribution in [0.15, 0.2) is 17.0 Å². The molecule has 0 fully saturated rings. The van der Waals surface area contributed by atoms with E-state index in [1.807, 2.05) is 0 Å². The summed E-state index contributed by atoms with van der Waals surface area (Å²) in [7, 11) is -3.74. The first kappa shape index (κ1) is 14.4. The van der Waals surface area contributed by atoms with Crippen molar-refractivity contribution in [1.29, 1.82) is 0 Å². The number of rotatable bonds is 5.